The second kappa shape index (κ2) is 7.82. The molecule has 0 fully saturated rings. The fourth-order valence-corrected chi connectivity index (χ4v) is 2.50. The maximum Gasteiger partial charge on any atom is 0.321 e. The van der Waals surface area contributed by atoms with Gasteiger partial charge in [-0.25, -0.2) is 4.72 Å². The number of nitrogens with one attached hydrogen (secondary N) is 1. The summed E-state index contributed by atoms with van der Waals surface area (Å²) in [5.74, 6) is -0.235. The van der Waals surface area contributed by atoms with Crippen LogP contribution in [0.4, 0.5) is 0 Å². The van der Waals surface area contributed by atoms with Gasteiger partial charge >= 0.3 is 5.97 Å². The molecule has 0 spiro atoms. The molecule has 0 aliphatic carbocycles. The van der Waals surface area contributed by atoms with E-state index in [0.717, 1.165) is 22.7 Å². The monoisotopic (exact) mass is 319 g/mol. The molecule has 0 aliphatic rings. The van der Waals surface area contributed by atoms with Crippen LogP contribution in [0.5, 0.6) is 5.75 Å². The molecule has 0 amide bonds. The number of carbonyl (C=O) groups excluding carboxylic acids is 1. The molecule has 2 N–H and O–H groups in total. The molecular weight excluding hydrogens is 302 g/mol. The first-order valence-corrected chi connectivity index (χ1v) is 7.79. The first kappa shape index (κ1) is 16.3. The maximum atomic E-state index is 11.8. The van der Waals surface area contributed by atoms with Crippen molar-refractivity contribution < 1.29 is 19.4 Å². The Kier molecular flexibility index (Phi) is 5.80. The lowest BCUT2D eigenvalue weighted by Gasteiger charge is -2.10. The van der Waals surface area contributed by atoms with Gasteiger partial charge in [0.05, 0.1) is 5.75 Å². The first-order valence-electron chi connectivity index (χ1n) is 6.80. The standard InChI is InChI=1S/C16H17NO4S/c1-11(16(19)20)17-22-10-13(18)9-21-15-8-4-6-12-5-2-3-7-14(12)15/h2-8,11,17H,9-10H2,1H3,(H,19,20). The third-order valence-corrected chi connectivity index (χ3v) is 3.99. The van der Waals surface area contributed by atoms with Crippen LogP contribution in [-0.4, -0.2) is 35.3 Å². The van der Waals surface area contributed by atoms with Gasteiger partial charge in [0.2, 0.25) is 0 Å². The number of Topliss-reactive ketones (excluding diaryl/α,β-unsaturated/α-hetero) is 1. The van der Waals surface area contributed by atoms with Crippen LogP contribution in [0.15, 0.2) is 42.5 Å². The minimum absolute atomic E-state index is 0.0376. The molecule has 0 bridgehead atoms. The minimum Gasteiger partial charge on any atom is -0.485 e. The normalized spacial score (nSPS) is 12.0. The summed E-state index contributed by atoms with van der Waals surface area (Å²) in [5, 5.41) is 10.7. The first-order chi connectivity index (χ1) is 10.6. The van der Waals surface area contributed by atoms with Gasteiger partial charge in [0.25, 0.3) is 0 Å². The molecule has 0 heterocycles. The topological polar surface area (TPSA) is 75.6 Å². The van der Waals surface area contributed by atoms with Gasteiger partial charge in [-0.15, -0.1) is 0 Å². The minimum atomic E-state index is -0.952. The van der Waals surface area contributed by atoms with E-state index < -0.39 is 12.0 Å². The highest BCUT2D eigenvalue weighted by atomic mass is 32.2. The predicted molar refractivity (Wildman–Crippen MR) is 87.1 cm³/mol. The molecule has 6 heteroatoms. The SMILES string of the molecule is CC(NSCC(=O)COc1cccc2ccccc12)C(=O)O. The lowest BCUT2D eigenvalue weighted by molar-refractivity contribution is -0.138. The van der Waals surface area contributed by atoms with Crippen molar-refractivity contribution >= 4 is 34.5 Å². The Hall–Kier alpha value is -2.05. The molecule has 2 aromatic carbocycles. The smallest absolute Gasteiger partial charge is 0.321 e. The van der Waals surface area contributed by atoms with E-state index in [1.165, 1.54) is 6.92 Å². The van der Waals surface area contributed by atoms with Gasteiger partial charge in [0.15, 0.2) is 5.78 Å². The highest BCUT2D eigenvalue weighted by molar-refractivity contribution is 7.98. The van der Waals surface area contributed by atoms with Crippen LogP contribution >= 0.6 is 11.9 Å². The molecule has 0 aliphatic heterocycles. The molecule has 2 aromatic rings. The summed E-state index contributed by atoms with van der Waals surface area (Å²) < 4.78 is 8.26. The zero-order valence-corrected chi connectivity index (χ0v) is 12.9. The van der Waals surface area contributed by atoms with Gasteiger partial charge in [-0.05, 0) is 18.4 Å². The van der Waals surface area contributed by atoms with E-state index in [-0.39, 0.29) is 18.1 Å². The van der Waals surface area contributed by atoms with E-state index in [0.29, 0.717) is 5.75 Å². The van der Waals surface area contributed by atoms with E-state index in [9.17, 15) is 9.59 Å². The maximum absolute atomic E-state index is 11.8. The summed E-state index contributed by atoms with van der Waals surface area (Å²) in [6.07, 6.45) is 0. The number of carboxylic acid groups (broad SMARTS) is 1. The summed E-state index contributed by atoms with van der Waals surface area (Å²) in [4.78, 5) is 22.4. The third-order valence-electron chi connectivity index (χ3n) is 3.00. The molecule has 5 nitrogen and oxygen atoms in total. The molecule has 0 saturated carbocycles. The Labute approximate surface area is 132 Å². The van der Waals surface area contributed by atoms with Crippen molar-refractivity contribution in [1.82, 2.24) is 4.72 Å². The van der Waals surface area contributed by atoms with E-state index in [2.05, 4.69) is 4.72 Å². The molecule has 22 heavy (non-hydrogen) atoms. The summed E-state index contributed by atoms with van der Waals surface area (Å²) >= 11 is 1.08. The lowest BCUT2D eigenvalue weighted by atomic mass is 10.1. The van der Waals surface area contributed by atoms with Crippen molar-refractivity contribution in [3.8, 4) is 5.75 Å². The lowest BCUT2D eigenvalue weighted by Crippen LogP contribution is -2.30. The molecule has 0 saturated heterocycles. The van der Waals surface area contributed by atoms with Crippen LogP contribution in [0.1, 0.15) is 6.92 Å². The number of ether oxygens (including phenoxy) is 1. The van der Waals surface area contributed by atoms with Crippen molar-refractivity contribution in [2.24, 2.45) is 0 Å². The number of aliphatic carboxylic acids is 1. The zero-order chi connectivity index (χ0) is 15.9. The number of benzene rings is 2. The largest absolute Gasteiger partial charge is 0.485 e. The second-order valence-corrected chi connectivity index (χ2v) is 5.58. The summed E-state index contributed by atoms with van der Waals surface area (Å²) in [6, 6.07) is 12.8. The van der Waals surface area contributed by atoms with Gasteiger partial charge in [-0.3, -0.25) is 9.59 Å². The number of rotatable bonds is 8. The Morgan fingerprint density at radius 1 is 1.23 bits per heavy atom. The van der Waals surface area contributed by atoms with Crippen molar-refractivity contribution in [2.75, 3.05) is 12.4 Å². The van der Waals surface area contributed by atoms with Gasteiger partial charge in [0.1, 0.15) is 18.4 Å². The molecule has 116 valence electrons. The highest BCUT2D eigenvalue weighted by Crippen LogP contribution is 2.25. The predicted octanol–water partition coefficient (Wildman–Crippen LogP) is 2.50. The Morgan fingerprint density at radius 2 is 1.95 bits per heavy atom. The van der Waals surface area contributed by atoms with Crippen molar-refractivity contribution in [2.45, 2.75) is 13.0 Å². The number of fused-ring (bicyclic) bond motifs is 1. The Balaban J connectivity index is 1.84. The third kappa shape index (κ3) is 4.47. The van der Waals surface area contributed by atoms with Crippen LogP contribution in [0.2, 0.25) is 0 Å². The van der Waals surface area contributed by atoms with Crippen LogP contribution in [-0.2, 0) is 9.59 Å². The van der Waals surface area contributed by atoms with Crippen LogP contribution < -0.4 is 9.46 Å². The number of carboxylic acids is 1. The zero-order valence-electron chi connectivity index (χ0n) is 12.1. The number of carbonyl (C=O) groups is 2. The van der Waals surface area contributed by atoms with Crippen LogP contribution in [0.25, 0.3) is 10.8 Å². The van der Waals surface area contributed by atoms with E-state index in [1.807, 2.05) is 42.5 Å². The van der Waals surface area contributed by atoms with Gasteiger partial charge in [-0.2, -0.15) is 0 Å². The van der Waals surface area contributed by atoms with Crippen molar-refractivity contribution in [3.63, 3.8) is 0 Å². The van der Waals surface area contributed by atoms with E-state index >= 15 is 0 Å². The van der Waals surface area contributed by atoms with E-state index in [1.54, 1.807) is 0 Å². The molecular formula is C16H17NO4S. The molecule has 0 aromatic heterocycles. The van der Waals surface area contributed by atoms with Crippen LogP contribution in [0, 0.1) is 0 Å². The van der Waals surface area contributed by atoms with Gasteiger partial charge in [-0.1, -0.05) is 48.3 Å². The fraction of sp³-hybridized carbons (Fsp3) is 0.250. The number of ketones is 1. The van der Waals surface area contributed by atoms with Gasteiger partial charge < -0.3 is 9.84 Å². The summed E-state index contributed by atoms with van der Waals surface area (Å²) in [7, 11) is 0. The number of hydrogen-bond donors (Lipinski definition) is 2. The quantitative estimate of drug-likeness (QED) is 0.728. The van der Waals surface area contributed by atoms with Crippen molar-refractivity contribution in [3.05, 3.63) is 42.5 Å². The highest BCUT2D eigenvalue weighted by Gasteiger charge is 2.11. The molecule has 2 rings (SSSR count). The second-order valence-electron chi connectivity index (χ2n) is 4.77. The van der Waals surface area contributed by atoms with Crippen LogP contribution in [0.3, 0.4) is 0 Å². The summed E-state index contributed by atoms with van der Waals surface area (Å²) in [5.41, 5.74) is 0. The Bertz CT molecular complexity index is 669. The average molecular weight is 319 g/mol. The molecule has 1 atom stereocenters. The number of hydrogen-bond acceptors (Lipinski definition) is 5. The molecule has 1 unspecified atom stereocenters. The summed E-state index contributed by atoms with van der Waals surface area (Å²) in [6.45, 7) is 1.48. The molecule has 0 radical (unpaired) electrons. The van der Waals surface area contributed by atoms with Crippen molar-refractivity contribution in [1.29, 1.82) is 0 Å². The Morgan fingerprint density at radius 3 is 2.73 bits per heavy atom. The van der Waals surface area contributed by atoms with E-state index in [4.69, 9.17) is 9.84 Å². The fourth-order valence-electron chi connectivity index (χ4n) is 1.82. The average Bonchev–Trinajstić information content (AvgIpc) is 2.52. The van der Waals surface area contributed by atoms with Gasteiger partial charge in [0, 0.05) is 5.39 Å².